The SMILES string of the molecule is O=C(O)/C(=C\N=C(c1ccccc1)c1ccccc1NC(=O)c1ccccn1)c1cccc2c1oc1ccccc12. The van der Waals surface area contributed by atoms with E-state index in [2.05, 4.69) is 10.3 Å². The van der Waals surface area contributed by atoms with Gasteiger partial charge in [0.25, 0.3) is 5.91 Å². The van der Waals surface area contributed by atoms with Gasteiger partial charge in [0, 0.05) is 39.9 Å². The fourth-order valence-corrected chi connectivity index (χ4v) is 4.71. The Morgan fingerprint density at radius 1 is 0.756 bits per heavy atom. The first kappa shape index (κ1) is 25.5. The van der Waals surface area contributed by atoms with Crippen LogP contribution in [0, 0.1) is 0 Å². The summed E-state index contributed by atoms with van der Waals surface area (Å²) in [6.45, 7) is 0. The average Bonchev–Trinajstić information content (AvgIpc) is 3.40. The lowest BCUT2D eigenvalue weighted by molar-refractivity contribution is -0.130. The van der Waals surface area contributed by atoms with Crippen LogP contribution in [0.25, 0.3) is 27.5 Å². The van der Waals surface area contributed by atoms with E-state index in [9.17, 15) is 14.7 Å². The largest absolute Gasteiger partial charge is 0.478 e. The molecule has 0 atom stereocenters. The number of fused-ring (bicyclic) bond motifs is 3. The number of pyridine rings is 1. The Balaban J connectivity index is 1.49. The maximum Gasteiger partial charge on any atom is 0.338 e. The molecule has 0 bridgehead atoms. The number of nitrogens with one attached hydrogen (secondary N) is 1. The summed E-state index contributed by atoms with van der Waals surface area (Å²) < 4.78 is 6.09. The Morgan fingerprint density at radius 3 is 2.27 bits per heavy atom. The number of hydrogen-bond donors (Lipinski definition) is 2. The van der Waals surface area contributed by atoms with Gasteiger partial charge in [0.05, 0.1) is 17.0 Å². The smallest absolute Gasteiger partial charge is 0.338 e. The van der Waals surface area contributed by atoms with Gasteiger partial charge in [0.2, 0.25) is 0 Å². The maximum atomic E-state index is 13.0. The molecule has 0 unspecified atom stereocenters. The lowest BCUT2D eigenvalue weighted by Crippen LogP contribution is -2.16. The van der Waals surface area contributed by atoms with E-state index < -0.39 is 5.97 Å². The van der Waals surface area contributed by atoms with Gasteiger partial charge >= 0.3 is 5.97 Å². The molecule has 6 aromatic rings. The normalized spacial score (nSPS) is 12.0. The molecule has 0 aliphatic carbocycles. The summed E-state index contributed by atoms with van der Waals surface area (Å²) in [5.74, 6) is -1.52. The Morgan fingerprint density at radius 2 is 1.46 bits per heavy atom. The molecule has 0 saturated heterocycles. The van der Waals surface area contributed by atoms with Crippen LogP contribution in [0.2, 0.25) is 0 Å². The van der Waals surface area contributed by atoms with E-state index in [4.69, 9.17) is 9.41 Å². The quantitative estimate of drug-likeness (QED) is 0.166. The fraction of sp³-hybridized carbons (Fsp3) is 0. The Kier molecular flexibility index (Phi) is 6.90. The molecule has 6 rings (SSSR count). The molecule has 0 fully saturated rings. The van der Waals surface area contributed by atoms with Crippen molar-refractivity contribution in [1.29, 1.82) is 0 Å². The second kappa shape index (κ2) is 11.1. The number of rotatable bonds is 7. The molecule has 0 aliphatic heterocycles. The minimum Gasteiger partial charge on any atom is -0.478 e. The lowest BCUT2D eigenvalue weighted by atomic mass is 10.00. The van der Waals surface area contributed by atoms with Gasteiger partial charge in [-0.2, -0.15) is 0 Å². The fourth-order valence-electron chi connectivity index (χ4n) is 4.71. The van der Waals surface area contributed by atoms with Gasteiger partial charge in [0.15, 0.2) is 0 Å². The second-order valence-corrected chi connectivity index (χ2v) is 9.19. The second-order valence-electron chi connectivity index (χ2n) is 9.19. The molecule has 0 aliphatic rings. The van der Waals surface area contributed by atoms with Gasteiger partial charge in [-0.3, -0.25) is 14.8 Å². The third-order valence-corrected chi connectivity index (χ3v) is 6.62. The Labute approximate surface area is 235 Å². The first-order chi connectivity index (χ1) is 20.1. The van der Waals surface area contributed by atoms with Gasteiger partial charge in [0.1, 0.15) is 16.9 Å². The van der Waals surface area contributed by atoms with E-state index in [0.717, 1.165) is 16.3 Å². The van der Waals surface area contributed by atoms with Crippen molar-refractivity contribution >= 4 is 50.8 Å². The average molecular weight is 538 g/mol. The predicted octanol–water partition coefficient (Wildman–Crippen LogP) is 7.20. The van der Waals surface area contributed by atoms with Gasteiger partial charge in [-0.1, -0.05) is 91.0 Å². The Hall–Kier alpha value is -5.82. The molecule has 0 saturated carbocycles. The zero-order chi connectivity index (χ0) is 28.2. The summed E-state index contributed by atoms with van der Waals surface area (Å²) in [5.41, 5.74) is 4.16. The van der Waals surface area contributed by atoms with E-state index in [1.165, 1.54) is 6.20 Å². The zero-order valence-corrected chi connectivity index (χ0v) is 21.7. The predicted molar refractivity (Wildman–Crippen MR) is 160 cm³/mol. The van der Waals surface area contributed by atoms with Crippen LogP contribution in [-0.2, 0) is 4.79 Å². The van der Waals surface area contributed by atoms with Crippen molar-refractivity contribution in [3.63, 3.8) is 0 Å². The number of amides is 1. The third kappa shape index (κ3) is 5.12. The van der Waals surface area contributed by atoms with Gasteiger partial charge in [-0.15, -0.1) is 0 Å². The molecule has 41 heavy (non-hydrogen) atoms. The van der Waals surface area contributed by atoms with E-state index in [1.54, 1.807) is 48.7 Å². The topological polar surface area (TPSA) is 105 Å². The van der Waals surface area contributed by atoms with Crippen molar-refractivity contribution < 1.29 is 19.1 Å². The number of furan rings is 1. The van der Waals surface area contributed by atoms with Gasteiger partial charge in [-0.05, 0) is 24.3 Å². The number of carbonyl (C=O) groups excluding carboxylic acids is 1. The van der Waals surface area contributed by atoms with Crippen molar-refractivity contribution in [3.05, 3.63) is 150 Å². The van der Waals surface area contributed by atoms with Crippen LogP contribution >= 0.6 is 0 Å². The number of anilines is 1. The number of hydrogen-bond acceptors (Lipinski definition) is 5. The number of aliphatic imine (C=N–C) groups is 1. The van der Waals surface area contributed by atoms with Crippen LogP contribution in [0.3, 0.4) is 0 Å². The van der Waals surface area contributed by atoms with Crippen molar-refractivity contribution in [3.8, 4) is 0 Å². The lowest BCUT2D eigenvalue weighted by Gasteiger charge is -2.13. The molecule has 1 amide bonds. The first-order valence-electron chi connectivity index (χ1n) is 12.9. The maximum absolute atomic E-state index is 13.0. The molecule has 4 aromatic carbocycles. The highest BCUT2D eigenvalue weighted by atomic mass is 16.4. The van der Waals surface area contributed by atoms with Crippen molar-refractivity contribution in [1.82, 2.24) is 4.98 Å². The van der Waals surface area contributed by atoms with E-state index >= 15 is 0 Å². The van der Waals surface area contributed by atoms with Crippen molar-refractivity contribution in [2.45, 2.75) is 0 Å². The molecular weight excluding hydrogens is 514 g/mol. The molecule has 0 spiro atoms. The standard InChI is InChI=1S/C34H23N3O4/c38-33(29-18-8-9-20-35-29)37-28-17-6-4-14-26(28)31(22-11-2-1-3-12-22)36-21-27(34(39)40)25-16-10-15-24-23-13-5-7-19-30(23)41-32(24)25/h1-21H,(H,37,38)(H,39,40)/b27-21-,36-31?. The summed E-state index contributed by atoms with van der Waals surface area (Å²) >= 11 is 0. The number of carboxylic acids is 1. The zero-order valence-electron chi connectivity index (χ0n) is 21.7. The summed E-state index contributed by atoms with van der Waals surface area (Å²) in [6, 6.07) is 34.7. The number of aliphatic carboxylic acids is 1. The highest BCUT2D eigenvalue weighted by Gasteiger charge is 2.19. The number of para-hydroxylation sites is 3. The van der Waals surface area contributed by atoms with Gasteiger partial charge < -0.3 is 14.8 Å². The number of benzene rings is 4. The van der Waals surface area contributed by atoms with Crippen LogP contribution in [0.4, 0.5) is 5.69 Å². The summed E-state index contributed by atoms with van der Waals surface area (Å²) in [6.07, 6.45) is 2.89. The van der Waals surface area contributed by atoms with Crippen molar-refractivity contribution in [2.75, 3.05) is 5.32 Å². The number of carbonyl (C=O) groups is 2. The molecule has 2 aromatic heterocycles. The van der Waals surface area contributed by atoms with E-state index in [-0.39, 0.29) is 17.2 Å². The molecule has 2 N–H and O–H groups in total. The monoisotopic (exact) mass is 537 g/mol. The molecular formula is C34H23N3O4. The number of nitrogens with zero attached hydrogens (tertiary/aromatic N) is 2. The highest BCUT2D eigenvalue weighted by molar-refractivity contribution is 6.22. The van der Waals surface area contributed by atoms with Crippen LogP contribution in [0.15, 0.2) is 137 Å². The summed E-state index contributed by atoms with van der Waals surface area (Å²) in [7, 11) is 0. The van der Waals surface area contributed by atoms with E-state index in [0.29, 0.717) is 33.7 Å². The van der Waals surface area contributed by atoms with Gasteiger partial charge in [-0.25, -0.2) is 4.79 Å². The minimum atomic E-state index is -1.15. The number of aromatic nitrogens is 1. The van der Waals surface area contributed by atoms with Crippen LogP contribution in [-0.4, -0.2) is 27.7 Å². The molecule has 0 radical (unpaired) electrons. The molecule has 198 valence electrons. The minimum absolute atomic E-state index is 0.0295. The summed E-state index contributed by atoms with van der Waals surface area (Å²) in [5, 5.41) is 14.9. The third-order valence-electron chi connectivity index (χ3n) is 6.62. The Bertz CT molecular complexity index is 1960. The molecule has 7 heteroatoms. The molecule has 7 nitrogen and oxygen atoms in total. The number of carboxylic acid groups (broad SMARTS) is 1. The summed E-state index contributed by atoms with van der Waals surface area (Å²) in [4.78, 5) is 34.4. The van der Waals surface area contributed by atoms with Crippen LogP contribution in [0.1, 0.15) is 27.2 Å². The van der Waals surface area contributed by atoms with Crippen LogP contribution < -0.4 is 5.32 Å². The molecule has 2 heterocycles. The van der Waals surface area contributed by atoms with Crippen LogP contribution in [0.5, 0.6) is 0 Å². The van der Waals surface area contributed by atoms with E-state index in [1.807, 2.05) is 72.8 Å². The first-order valence-corrected chi connectivity index (χ1v) is 12.9. The highest BCUT2D eigenvalue weighted by Crippen LogP contribution is 2.34. The van der Waals surface area contributed by atoms with Crippen molar-refractivity contribution in [2.24, 2.45) is 4.99 Å².